The van der Waals surface area contributed by atoms with Crippen molar-refractivity contribution in [3.63, 3.8) is 0 Å². The second-order valence-corrected chi connectivity index (χ2v) is 11.1. The molecular weight excluding hydrogens is 626 g/mol. The first-order chi connectivity index (χ1) is 21.4. The summed E-state index contributed by atoms with van der Waals surface area (Å²) in [5.74, 6) is -13.1. The van der Waals surface area contributed by atoms with Crippen LogP contribution in [0, 0.1) is 0 Å². The molecule has 0 aliphatic carbocycles. The average molecular weight is 657 g/mol. The van der Waals surface area contributed by atoms with Crippen LogP contribution in [-0.4, -0.2) is 36.4 Å². The molecule has 0 fully saturated rings. The number of halogens is 6. The topological polar surface area (TPSA) is 92.7 Å². The minimum atomic E-state index is -3.95. The summed E-state index contributed by atoms with van der Waals surface area (Å²) in [7, 11) is 0. The fourth-order valence-corrected chi connectivity index (χ4v) is 5.23. The van der Waals surface area contributed by atoms with E-state index < -0.39 is 72.2 Å². The molecule has 0 spiro atoms. The van der Waals surface area contributed by atoms with E-state index in [1.807, 2.05) is 0 Å². The molecule has 3 aromatic rings. The van der Waals surface area contributed by atoms with E-state index in [0.717, 1.165) is 24.3 Å². The zero-order valence-corrected chi connectivity index (χ0v) is 24.9. The number of ether oxygens (including phenoxy) is 6. The molecule has 4 heterocycles. The van der Waals surface area contributed by atoms with E-state index in [2.05, 4.69) is 0 Å². The number of rotatable bonds is 10. The third-order valence-electron chi connectivity index (χ3n) is 7.50. The zero-order chi connectivity index (χ0) is 33.7. The Kier molecular flexibility index (Phi) is 8.79. The predicted octanol–water partition coefficient (Wildman–Crippen LogP) is 7.38. The second kappa shape index (κ2) is 12.1. The highest BCUT2D eigenvalue weighted by Gasteiger charge is 2.51. The molecule has 8 nitrogen and oxygen atoms in total. The van der Waals surface area contributed by atoms with Crippen LogP contribution < -0.4 is 9.47 Å². The smallest absolute Gasteiger partial charge is 0.327 e. The normalized spacial score (nSPS) is 27.5. The third kappa shape index (κ3) is 6.66. The number of alkyl halides is 6. The molecule has 46 heavy (non-hydrogen) atoms. The van der Waals surface area contributed by atoms with E-state index in [1.165, 1.54) is 70.2 Å². The van der Waals surface area contributed by atoms with Crippen molar-refractivity contribution in [2.75, 3.05) is 0 Å². The molecule has 4 aliphatic rings. The van der Waals surface area contributed by atoms with Gasteiger partial charge in [-0.05, 0) is 45.4 Å². The maximum absolute atomic E-state index is 14.6. The van der Waals surface area contributed by atoms with Gasteiger partial charge in [-0.25, -0.2) is 8.78 Å². The molecule has 6 unspecified atom stereocenters. The quantitative estimate of drug-likeness (QED) is 0.179. The standard InChI is InChI=1S/C32H30F6O8/c1-17(43-29(3)20-5-9-22(10-6-20)31(35,36)27(33)45-29)41-24-13-19(15-26(39)40)14-25(16-24)42-18(2)44-30(4)21-7-11-23(12-8-21)32(37,38)28(34)46-30/h5-14,16-18,27-28H,15H2,1-4H3,(H,39,40). The average Bonchev–Trinajstić information content (AvgIpc) is 2.95. The molecule has 1 N–H and O–H groups in total. The summed E-state index contributed by atoms with van der Waals surface area (Å²) in [4.78, 5) is 11.5. The summed E-state index contributed by atoms with van der Waals surface area (Å²) >= 11 is 0. The van der Waals surface area contributed by atoms with Crippen LogP contribution in [0.5, 0.6) is 11.5 Å². The van der Waals surface area contributed by atoms with Gasteiger partial charge in [-0.3, -0.25) is 4.79 Å². The van der Waals surface area contributed by atoms with Crippen LogP contribution in [0.1, 0.15) is 55.5 Å². The lowest BCUT2D eigenvalue weighted by atomic mass is 9.99. The Morgan fingerprint density at radius 2 is 1.07 bits per heavy atom. The highest BCUT2D eigenvalue weighted by atomic mass is 19.3. The highest BCUT2D eigenvalue weighted by Crippen LogP contribution is 2.45. The largest absolute Gasteiger partial charge is 0.481 e. The zero-order valence-electron chi connectivity index (χ0n) is 24.9. The maximum Gasteiger partial charge on any atom is 0.327 e. The van der Waals surface area contributed by atoms with Gasteiger partial charge in [-0.15, -0.1) is 0 Å². The molecule has 14 heteroatoms. The summed E-state index contributed by atoms with van der Waals surface area (Å²) in [5.41, 5.74) is -0.475. The van der Waals surface area contributed by atoms with Crippen LogP contribution in [0.2, 0.25) is 0 Å². The molecular formula is C32H30F6O8. The summed E-state index contributed by atoms with van der Waals surface area (Å²) in [6.07, 6.45) is -9.11. The van der Waals surface area contributed by atoms with Gasteiger partial charge in [0.2, 0.25) is 0 Å². The van der Waals surface area contributed by atoms with Gasteiger partial charge < -0.3 is 33.5 Å². The first kappa shape index (κ1) is 33.5. The Labute approximate surface area is 259 Å². The lowest BCUT2D eigenvalue weighted by Gasteiger charge is -2.38. The maximum atomic E-state index is 14.6. The Morgan fingerprint density at radius 3 is 1.41 bits per heavy atom. The van der Waals surface area contributed by atoms with E-state index >= 15 is 0 Å². The van der Waals surface area contributed by atoms with Gasteiger partial charge in [0.05, 0.1) is 6.42 Å². The number of carbonyl (C=O) groups is 1. The van der Waals surface area contributed by atoms with Gasteiger partial charge in [0.15, 0.2) is 24.2 Å². The van der Waals surface area contributed by atoms with E-state index in [9.17, 15) is 36.2 Å². The molecule has 7 rings (SSSR count). The van der Waals surface area contributed by atoms with Crippen molar-refractivity contribution in [2.45, 2.75) is 82.8 Å². The van der Waals surface area contributed by atoms with Crippen LogP contribution in [0.4, 0.5) is 26.3 Å². The van der Waals surface area contributed by atoms with Crippen molar-refractivity contribution in [1.82, 2.24) is 0 Å². The summed E-state index contributed by atoms with van der Waals surface area (Å²) < 4.78 is 120. The molecule has 4 aliphatic heterocycles. The van der Waals surface area contributed by atoms with Crippen LogP contribution >= 0.6 is 0 Å². The SMILES string of the molecule is CC(Oc1cc(CC(=O)O)cc(OC(C)OC2(C)OC(F)C(F)(F)c3ccc2cc3)c1)OC1(C)OC(F)C(F)(F)c2ccc1cc2. The Balaban J connectivity index is 1.34. The van der Waals surface area contributed by atoms with Gasteiger partial charge in [0.25, 0.3) is 12.7 Å². The van der Waals surface area contributed by atoms with Crippen molar-refractivity contribution >= 4 is 5.97 Å². The minimum absolute atomic E-state index is 0.00663. The number of aliphatic carboxylic acids is 1. The molecule has 248 valence electrons. The lowest BCUT2D eigenvalue weighted by Crippen LogP contribution is -2.43. The van der Waals surface area contributed by atoms with Crippen LogP contribution in [0.3, 0.4) is 0 Å². The number of hydrogen-bond acceptors (Lipinski definition) is 7. The second-order valence-electron chi connectivity index (χ2n) is 11.1. The van der Waals surface area contributed by atoms with Crippen molar-refractivity contribution in [3.05, 3.63) is 94.5 Å². The third-order valence-corrected chi connectivity index (χ3v) is 7.50. The predicted molar refractivity (Wildman–Crippen MR) is 147 cm³/mol. The van der Waals surface area contributed by atoms with Gasteiger partial charge in [0, 0.05) is 28.3 Å². The van der Waals surface area contributed by atoms with Crippen molar-refractivity contribution in [1.29, 1.82) is 0 Å². The molecule has 4 bridgehead atoms. The van der Waals surface area contributed by atoms with Gasteiger partial charge in [-0.2, -0.15) is 17.6 Å². The molecule has 6 atom stereocenters. The Hall–Kier alpha value is -3.85. The fourth-order valence-electron chi connectivity index (χ4n) is 5.23. The lowest BCUT2D eigenvalue weighted by molar-refractivity contribution is -0.355. The van der Waals surface area contributed by atoms with Crippen LogP contribution in [-0.2, 0) is 53.6 Å². The van der Waals surface area contributed by atoms with E-state index in [4.69, 9.17) is 28.4 Å². The minimum Gasteiger partial charge on any atom is -0.481 e. The Morgan fingerprint density at radius 1 is 0.717 bits per heavy atom. The van der Waals surface area contributed by atoms with Crippen molar-refractivity contribution in [2.24, 2.45) is 0 Å². The van der Waals surface area contributed by atoms with Gasteiger partial charge in [0.1, 0.15) is 11.5 Å². The monoisotopic (exact) mass is 656 g/mol. The summed E-state index contributed by atoms with van der Waals surface area (Å²) in [6, 6.07) is 13.5. The molecule has 0 aromatic heterocycles. The van der Waals surface area contributed by atoms with E-state index in [1.54, 1.807) is 0 Å². The molecule has 0 radical (unpaired) electrons. The number of hydrogen-bond donors (Lipinski definition) is 1. The molecule has 3 aromatic carbocycles. The highest BCUT2D eigenvalue weighted by molar-refractivity contribution is 5.70. The number of benzene rings is 3. The Bertz CT molecular complexity index is 1460. The van der Waals surface area contributed by atoms with Crippen LogP contribution in [0.15, 0.2) is 66.7 Å². The van der Waals surface area contributed by atoms with Crippen molar-refractivity contribution in [3.8, 4) is 11.5 Å². The summed E-state index contributed by atoms with van der Waals surface area (Å²) in [6.45, 7) is 5.25. The number of carboxylic acid groups (broad SMARTS) is 1. The van der Waals surface area contributed by atoms with Gasteiger partial charge in [-0.1, -0.05) is 48.5 Å². The van der Waals surface area contributed by atoms with E-state index in [0.29, 0.717) is 0 Å². The number of carboxylic acids is 1. The summed E-state index contributed by atoms with van der Waals surface area (Å²) in [5, 5.41) is 9.37. The number of fused-ring (bicyclic) bond motifs is 10. The van der Waals surface area contributed by atoms with Crippen LogP contribution in [0.25, 0.3) is 0 Å². The van der Waals surface area contributed by atoms with Crippen molar-refractivity contribution < 1.29 is 64.7 Å². The first-order valence-corrected chi connectivity index (χ1v) is 14.1. The molecule has 0 amide bonds. The van der Waals surface area contributed by atoms with E-state index in [-0.39, 0.29) is 28.2 Å². The molecule has 0 saturated heterocycles. The molecule has 0 saturated carbocycles. The fraction of sp³-hybridized carbons (Fsp3) is 0.406. The first-order valence-electron chi connectivity index (χ1n) is 14.1. The van der Waals surface area contributed by atoms with Gasteiger partial charge >= 0.3 is 17.8 Å².